The Bertz CT molecular complexity index is 1020. The number of ether oxygens (including phenoxy) is 2. The first-order valence-electron chi connectivity index (χ1n) is 10.6. The maximum atomic E-state index is 13.0. The van der Waals surface area contributed by atoms with Gasteiger partial charge < -0.3 is 9.47 Å². The summed E-state index contributed by atoms with van der Waals surface area (Å²) >= 11 is 6.15. The van der Waals surface area contributed by atoms with Crippen LogP contribution in [0.2, 0.25) is 5.02 Å². The Morgan fingerprint density at radius 3 is 2.27 bits per heavy atom. The number of carbonyl (C=O) groups excluding carboxylic acids is 1. The van der Waals surface area contributed by atoms with Crippen LogP contribution in [0.5, 0.6) is 0 Å². The first-order chi connectivity index (χ1) is 14.5. The molecule has 158 valence electrons. The third kappa shape index (κ3) is 4.53. The van der Waals surface area contributed by atoms with E-state index in [2.05, 4.69) is 32.9 Å². The van der Waals surface area contributed by atoms with Crippen molar-refractivity contribution < 1.29 is 14.3 Å². The van der Waals surface area contributed by atoms with E-state index in [9.17, 15) is 4.79 Å². The SMILES string of the molecule is CCCCOC(C(=O)OCC)c1c(C)c(C)c2ccccc2c1-c1ccc(Cl)cc1. The summed E-state index contributed by atoms with van der Waals surface area (Å²) in [6, 6.07) is 16.0. The summed E-state index contributed by atoms with van der Waals surface area (Å²) in [5, 5.41) is 2.93. The van der Waals surface area contributed by atoms with Gasteiger partial charge in [0.25, 0.3) is 0 Å². The van der Waals surface area contributed by atoms with Crippen LogP contribution < -0.4 is 0 Å². The average Bonchev–Trinajstić information content (AvgIpc) is 2.75. The molecule has 0 aromatic heterocycles. The smallest absolute Gasteiger partial charge is 0.339 e. The van der Waals surface area contributed by atoms with Crippen LogP contribution in [0.15, 0.2) is 48.5 Å². The van der Waals surface area contributed by atoms with Crippen LogP contribution in [0.4, 0.5) is 0 Å². The number of hydrogen-bond acceptors (Lipinski definition) is 3. The van der Waals surface area contributed by atoms with E-state index in [0.717, 1.165) is 46.0 Å². The molecular weight excluding hydrogens is 396 g/mol. The van der Waals surface area contributed by atoms with Crippen LogP contribution in [0.1, 0.15) is 49.5 Å². The number of carbonyl (C=O) groups is 1. The minimum Gasteiger partial charge on any atom is -0.464 e. The second-order valence-electron chi connectivity index (χ2n) is 7.45. The molecule has 0 aliphatic heterocycles. The molecule has 3 rings (SSSR count). The van der Waals surface area contributed by atoms with Crippen LogP contribution in [-0.2, 0) is 14.3 Å². The van der Waals surface area contributed by atoms with Gasteiger partial charge in [-0.15, -0.1) is 0 Å². The van der Waals surface area contributed by atoms with Crippen molar-refractivity contribution in [3.05, 3.63) is 70.2 Å². The molecule has 3 nitrogen and oxygen atoms in total. The van der Waals surface area contributed by atoms with Gasteiger partial charge in [-0.1, -0.05) is 61.3 Å². The van der Waals surface area contributed by atoms with Crippen molar-refractivity contribution in [3.8, 4) is 11.1 Å². The molecule has 3 aromatic rings. The van der Waals surface area contributed by atoms with Gasteiger partial charge in [-0.2, -0.15) is 0 Å². The molecule has 0 saturated carbocycles. The molecule has 0 amide bonds. The van der Waals surface area contributed by atoms with Crippen molar-refractivity contribution >= 4 is 28.3 Å². The fourth-order valence-electron chi connectivity index (χ4n) is 3.85. The number of esters is 1. The predicted octanol–water partition coefficient (Wildman–Crippen LogP) is 7.20. The van der Waals surface area contributed by atoms with E-state index in [-0.39, 0.29) is 5.97 Å². The number of rotatable bonds is 8. The lowest BCUT2D eigenvalue weighted by Crippen LogP contribution is -2.22. The molecule has 0 N–H and O–H groups in total. The maximum absolute atomic E-state index is 13.0. The Morgan fingerprint density at radius 2 is 1.63 bits per heavy atom. The van der Waals surface area contributed by atoms with Crippen molar-refractivity contribution in [1.29, 1.82) is 0 Å². The fraction of sp³-hybridized carbons (Fsp3) is 0.346. The summed E-state index contributed by atoms with van der Waals surface area (Å²) in [6.45, 7) is 8.90. The maximum Gasteiger partial charge on any atom is 0.339 e. The molecule has 0 spiro atoms. The number of aryl methyl sites for hydroxylation is 1. The number of benzene rings is 3. The van der Waals surface area contributed by atoms with E-state index in [1.165, 1.54) is 5.39 Å². The number of halogens is 1. The molecule has 1 unspecified atom stereocenters. The molecular formula is C26H29ClO3. The largest absolute Gasteiger partial charge is 0.464 e. The third-order valence-corrected chi connectivity index (χ3v) is 5.77. The van der Waals surface area contributed by atoms with Gasteiger partial charge in [0.05, 0.1) is 6.61 Å². The van der Waals surface area contributed by atoms with Gasteiger partial charge in [0.1, 0.15) is 0 Å². The van der Waals surface area contributed by atoms with Crippen molar-refractivity contribution in [2.45, 2.75) is 46.6 Å². The number of hydrogen-bond donors (Lipinski definition) is 0. The topological polar surface area (TPSA) is 35.5 Å². The Morgan fingerprint density at radius 1 is 0.967 bits per heavy atom. The van der Waals surface area contributed by atoms with Crippen molar-refractivity contribution in [3.63, 3.8) is 0 Å². The van der Waals surface area contributed by atoms with E-state index in [0.29, 0.717) is 18.2 Å². The quantitative estimate of drug-likeness (QED) is 0.283. The lowest BCUT2D eigenvalue weighted by atomic mass is 9.84. The molecule has 0 radical (unpaired) electrons. The zero-order valence-electron chi connectivity index (χ0n) is 18.1. The van der Waals surface area contributed by atoms with E-state index >= 15 is 0 Å². The Balaban J connectivity index is 2.32. The highest BCUT2D eigenvalue weighted by Gasteiger charge is 2.30. The van der Waals surface area contributed by atoms with Crippen LogP contribution in [-0.4, -0.2) is 19.2 Å². The normalized spacial score (nSPS) is 12.2. The predicted molar refractivity (Wildman–Crippen MR) is 124 cm³/mol. The highest BCUT2D eigenvalue weighted by molar-refractivity contribution is 6.30. The van der Waals surface area contributed by atoms with Gasteiger partial charge in [0, 0.05) is 17.2 Å². The molecule has 0 bridgehead atoms. The third-order valence-electron chi connectivity index (χ3n) is 5.51. The molecule has 0 heterocycles. The van der Waals surface area contributed by atoms with Crippen LogP contribution in [0.3, 0.4) is 0 Å². The minimum atomic E-state index is -0.773. The van der Waals surface area contributed by atoms with Crippen molar-refractivity contribution in [2.24, 2.45) is 0 Å². The van der Waals surface area contributed by atoms with Gasteiger partial charge in [0.15, 0.2) is 6.10 Å². The molecule has 0 saturated heterocycles. The molecule has 1 atom stereocenters. The zero-order chi connectivity index (χ0) is 21.7. The highest BCUT2D eigenvalue weighted by Crippen LogP contribution is 2.41. The molecule has 0 aliphatic rings. The van der Waals surface area contributed by atoms with Gasteiger partial charge in [-0.3, -0.25) is 0 Å². The summed E-state index contributed by atoms with van der Waals surface area (Å²) in [6.07, 6.45) is 1.11. The first kappa shape index (κ1) is 22.3. The zero-order valence-corrected chi connectivity index (χ0v) is 18.9. The lowest BCUT2D eigenvalue weighted by Gasteiger charge is -2.25. The fourth-order valence-corrected chi connectivity index (χ4v) is 3.98. The summed E-state index contributed by atoms with van der Waals surface area (Å²) in [7, 11) is 0. The standard InChI is InChI=1S/C26H29ClO3/c1-5-7-16-30-25(26(28)29-6-2)23-18(4)17(3)21-10-8-9-11-22(21)24(23)19-12-14-20(27)15-13-19/h8-15,25H,5-7,16H2,1-4H3. The summed E-state index contributed by atoms with van der Waals surface area (Å²) in [5.41, 5.74) is 5.07. The van der Waals surface area contributed by atoms with Crippen LogP contribution in [0.25, 0.3) is 21.9 Å². The van der Waals surface area contributed by atoms with Gasteiger partial charge in [-0.05, 0) is 72.4 Å². The Kier molecular flexibility index (Phi) is 7.52. The van der Waals surface area contributed by atoms with Crippen molar-refractivity contribution in [1.82, 2.24) is 0 Å². The average molecular weight is 425 g/mol. The minimum absolute atomic E-state index is 0.314. The number of fused-ring (bicyclic) bond motifs is 1. The second kappa shape index (κ2) is 10.1. The monoisotopic (exact) mass is 424 g/mol. The van der Waals surface area contributed by atoms with Crippen molar-refractivity contribution in [2.75, 3.05) is 13.2 Å². The summed E-state index contributed by atoms with van der Waals surface area (Å²) < 4.78 is 11.6. The van der Waals surface area contributed by atoms with Gasteiger partial charge >= 0.3 is 5.97 Å². The lowest BCUT2D eigenvalue weighted by molar-refractivity contribution is -0.157. The van der Waals surface area contributed by atoms with Crippen LogP contribution >= 0.6 is 11.6 Å². The Labute approximate surface area is 184 Å². The van der Waals surface area contributed by atoms with E-state index in [1.54, 1.807) is 0 Å². The summed E-state index contributed by atoms with van der Waals surface area (Å²) in [4.78, 5) is 13.0. The molecule has 0 fully saturated rings. The molecule has 0 aliphatic carbocycles. The van der Waals surface area contributed by atoms with E-state index < -0.39 is 6.10 Å². The first-order valence-corrected chi connectivity index (χ1v) is 10.9. The number of unbranched alkanes of at least 4 members (excludes halogenated alkanes) is 1. The van der Waals surface area contributed by atoms with E-state index in [1.807, 2.05) is 43.3 Å². The summed E-state index contributed by atoms with van der Waals surface area (Å²) in [5.74, 6) is -0.346. The van der Waals surface area contributed by atoms with Crippen LogP contribution in [0, 0.1) is 13.8 Å². The van der Waals surface area contributed by atoms with Gasteiger partial charge in [0.2, 0.25) is 0 Å². The second-order valence-corrected chi connectivity index (χ2v) is 7.88. The van der Waals surface area contributed by atoms with Gasteiger partial charge in [-0.25, -0.2) is 4.79 Å². The van der Waals surface area contributed by atoms with E-state index in [4.69, 9.17) is 21.1 Å². The molecule has 30 heavy (non-hydrogen) atoms. The molecule has 3 aromatic carbocycles. The molecule has 4 heteroatoms. The highest BCUT2D eigenvalue weighted by atomic mass is 35.5. The Hall–Kier alpha value is -2.36.